The van der Waals surface area contributed by atoms with Crippen molar-refractivity contribution in [1.29, 1.82) is 0 Å². The summed E-state index contributed by atoms with van der Waals surface area (Å²) in [5, 5.41) is 11.5. The molecule has 16 heteroatoms. The molecule has 1 atom stereocenters. The minimum atomic E-state index is -4.75. The molecule has 0 amide bonds. The molecule has 210 valence electrons. The third-order valence-electron chi connectivity index (χ3n) is 5.51. The number of ketones is 1. The molecule has 0 fully saturated rings. The molecule has 40 heavy (non-hydrogen) atoms. The highest BCUT2D eigenvalue weighted by Gasteiger charge is 2.32. The van der Waals surface area contributed by atoms with E-state index >= 15 is 0 Å². The molecule has 0 radical (unpaired) electrons. The maximum Gasteiger partial charge on any atom is 0.416 e. The van der Waals surface area contributed by atoms with Gasteiger partial charge in [-0.2, -0.15) is 26.3 Å². The van der Waals surface area contributed by atoms with E-state index in [4.69, 9.17) is 21.8 Å². The van der Waals surface area contributed by atoms with Crippen molar-refractivity contribution in [3.8, 4) is 11.4 Å². The molecule has 0 saturated carbocycles. The summed E-state index contributed by atoms with van der Waals surface area (Å²) in [6.07, 6.45) is -9.67. The van der Waals surface area contributed by atoms with Gasteiger partial charge in [0, 0.05) is 29.3 Å². The minimum absolute atomic E-state index is 0.000310. The summed E-state index contributed by atoms with van der Waals surface area (Å²) in [5.41, 5.74) is 3.61. The van der Waals surface area contributed by atoms with E-state index in [1.165, 1.54) is 30.3 Å². The number of allylic oxidation sites excluding steroid dienone is 1. The summed E-state index contributed by atoms with van der Waals surface area (Å²) in [5.74, 6) is -2.38. The second kappa shape index (κ2) is 11.0. The Kier molecular flexibility index (Phi) is 7.86. The predicted octanol–water partition coefficient (Wildman–Crippen LogP) is 5.17. The quantitative estimate of drug-likeness (QED) is 0.283. The smallest absolute Gasteiger partial charge is 0.408 e. The number of benzene rings is 2. The fraction of sp³-hybridized carbons (Fsp3) is 0.208. The summed E-state index contributed by atoms with van der Waals surface area (Å²) in [6.45, 7) is -0.731. The number of carbonyl (C=O) groups is 1. The first-order valence-electron chi connectivity index (χ1n) is 11.2. The summed E-state index contributed by atoms with van der Waals surface area (Å²) in [4.78, 5) is 26.0. The molecule has 9 nitrogen and oxygen atoms in total. The highest BCUT2D eigenvalue weighted by Crippen LogP contribution is 2.34. The van der Waals surface area contributed by atoms with Crippen LogP contribution in [0.1, 0.15) is 29.4 Å². The topological polar surface area (TPSA) is 122 Å². The number of rotatable bonds is 8. The van der Waals surface area contributed by atoms with Crippen LogP contribution in [0.4, 0.5) is 32.4 Å². The first kappa shape index (κ1) is 28.6. The van der Waals surface area contributed by atoms with Crippen molar-refractivity contribution in [2.24, 2.45) is 0 Å². The number of hydrogen-bond acceptors (Lipinski definition) is 7. The first-order valence-corrected chi connectivity index (χ1v) is 11.6. The van der Waals surface area contributed by atoms with Gasteiger partial charge in [-0.1, -0.05) is 34.9 Å². The van der Waals surface area contributed by atoms with Crippen LogP contribution in [0.3, 0.4) is 0 Å². The van der Waals surface area contributed by atoms with Crippen LogP contribution in [-0.4, -0.2) is 36.5 Å². The lowest BCUT2D eigenvalue weighted by atomic mass is 9.92. The minimum Gasteiger partial charge on any atom is -0.408 e. The molecule has 2 aromatic carbocycles. The van der Waals surface area contributed by atoms with E-state index in [9.17, 15) is 35.9 Å². The van der Waals surface area contributed by atoms with Crippen molar-refractivity contribution < 1.29 is 35.6 Å². The van der Waals surface area contributed by atoms with E-state index in [0.29, 0.717) is 20.5 Å². The van der Waals surface area contributed by atoms with Gasteiger partial charge in [0.05, 0.1) is 11.5 Å². The van der Waals surface area contributed by atoms with Gasteiger partial charge < -0.3 is 10.2 Å². The zero-order valence-electron chi connectivity index (χ0n) is 19.9. The molecule has 1 unspecified atom stereocenters. The summed E-state index contributed by atoms with van der Waals surface area (Å²) >= 11 is 5.86. The van der Waals surface area contributed by atoms with Gasteiger partial charge in [0.25, 0.3) is 0 Å². The summed E-state index contributed by atoms with van der Waals surface area (Å²) < 4.78 is 84.8. The Morgan fingerprint density at radius 1 is 1.07 bits per heavy atom. The van der Waals surface area contributed by atoms with Gasteiger partial charge in [0.1, 0.15) is 6.54 Å². The second-order valence-corrected chi connectivity index (χ2v) is 8.83. The van der Waals surface area contributed by atoms with Gasteiger partial charge in [-0.25, -0.2) is 14.0 Å². The maximum atomic E-state index is 13.3. The van der Waals surface area contributed by atoms with Gasteiger partial charge in [-0.15, -0.1) is 10.2 Å². The summed E-state index contributed by atoms with van der Waals surface area (Å²) in [7, 11) is 0. The number of nitrogen functional groups attached to an aromatic ring is 1. The number of nitrogens with two attached hydrogens (primary N) is 1. The molecule has 4 aromatic rings. The number of nitrogens with zero attached hydrogens (tertiary/aromatic N) is 5. The van der Waals surface area contributed by atoms with Gasteiger partial charge >= 0.3 is 24.1 Å². The fourth-order valence-electron chi connectivity index (χ4n) is 3.74. The van der Waals surface area contributed by atoms with Gasteiger partial charge in [0.2, 0.25) is 5.89 Å². The lowest BCUT2D eigenvalue weighted by Gasteiger charge is -2.15. The third kappa shape index (κ3) is 6.77. The maximum absolute atomic E-state index is 13.3. The number of hydrogen-bond donors (Lipinski definition) is 1. The Hall–Kier alpha value is -4.40. The van der Waals surface area contributed by atoms with Gasteiger partial charge in [0.15, 0.2) is 11.6 Å². The SMILES string of the molecule is Nc1nnc(C(CC(=O)Cn2nc(-c3ccc(Cl)cc3)n(/C=C/C(F)(F)F)c2=O)c2cccc(C(F)(F)F)c2)o1. The van der Waals surface area contributed by atoms with Crippen molar-refractivity contribution in [1.82, 2.24) is 24.5 Å². The third-order valence-corrected chi connectivity index (χ3v) is 5.77. The van der Waals surface area contributed by atoms with Crippen molar-refractivity contribution in [3.05, 3.63) is 87.1 Å². The zero-order valence-corrected chi connectivity index (χ0v) is 20.7. The van der Waals surface area contributed by atoms with E-state index in [1.54, 1.807) is 0 Å². The van der Waals surface area contributed by atoms with Crippen LogP contribution >= 0.6 is 11.6 Å². The molecular weight excluding hydrogens is 570 g/mol. The molecule has 0 saturated heterocycles. The standard InChI is InChI=1S/C24H17ClF6N6O3/c25-16-6-4-13(5-7-16)19-35-37(22(39)36(19)9-8-23(26,27)28)12-17(38)11-18(20-33-34-21(32)40-20)14-2-1-3-15(10-14)24(29,30)31/h1-10,18H,11-12H2,(H2,32,34)/b9-8+. The number of halogens is 7. The molecule has 0 aliphatic heterocycles. The number of aromatic nitrogens is 5. The average molecular weight is 587 g/mol. The van der Waals surface area contributed by atoms with Crippen LogP contribution in [0.2, 0.25) is 5.02 Å². The van der Waals surface area contributed by atoms with Crippen LogP contribution in [0, 0.1) is 0 Å². The number of alkyl halides is 6. The molecule has 0 bridgehead atoms. The largest absolute Gasteiger partial charge is 0.416 e. The lowest BCUT2D eigenvalue weighted by molar-refractivity contribution is -0.137. The Balaban J connectivity index is 1.69. The molecule has 0 aliphatic carbocycles. The van der Waals surface area contributed by atoms with Crippen molar-refractivity contribution in [3.63, 3.8) is 0 Å². The van der Waals surface area contributed by atoms with Crippen LogP contribution < -0.4 is 11.4 Å². The Morgan fingerprint density at radius 3 is 2.38 bits per heavy atom. The Bertz CT molecular complexity index is 1600. The molecule has 2 heterocycles. The van der Waals surface area contributed by atoms with E-state index in [2.05, 4.69) is 15.3 Å². The van der Waals surface area contributed by atoms with Crippen molar-refractivity contribution >= 4 is 29.6 Å². The van der Waals surface area contributed by atoms with Crippen LogP contribution in [-0.2, 0) is 17.5 Å². The molecular formula is C24H17ClF6N6O3. The van der Waals surface area contributed by atoms with E-state index < -0.39 is 54.3 Å². The van der Waals surface area contributed by atoms with Gasteiger partial charge in [-0.05, 0) is 35.9 Å². The number of anilines is 1. The number of carbonyl (C=O) groups excluding carboxylic acids is 1. The molecule has 0 aliphatic rings. The Labute approximate surface area is 225 Å². The lowest BCUT2D eigenvalue weighted by Crippen LogP contribution is -2.27. The molecule has 4 rings (SSSR count). The normalized spacial score (nSPS) is 13.2. The van der Waals surface area contributed by atoms with E-state index in [0.717, 1.165) is 18.2 Å². The van der Waals surface area contributed by atoms with Crippen LogP contribution in [0.25, 0.3) is 17.6 Å². The van der Waals surface area contributed by atoms with E-state index in [-0.39, 0.29) is 28.9 Å². The average Bonchev–Trinajstić information content (AvgIpc) is 3.43. The Morgan fingerprint density at radius 2 is 1.77 bits per heavy atom. The molecule has 2 N–H and O–H groups in total. The van der Waals surface area contributed by atoms with Crippen molar-refractivity contribution in [2.75, 3.05) is 5.73 Å². The molecule has 2 aromatic heterocycles. The van der Waals surface area contributed by atoms with E-state index in [1.807, 2.05) is 0 Å². The van der Waals surface area contributed by atoms with Crippen molar-refractivity contribution in [2.45, 2.75) is 31.2 Å². The van der Waals surface area contributed by atoms with Crippen LogP contribution in [0.15, 0.2) is 63.8 Å². The monoisotopic (exact) mass is 586 g/mol. The van der Waals surface area contributed by atoms with Crippen LogP contribution in [0.5, 0.6) is 0 Å². The highest BCUT2D eigenvalue weighted by atomic mass is 35.5. The van der Waals surface area contributed by atoms with Gasteiger partial charge in [-0.3, -0.25) is 4.79 Å². The number of Topliss-reactive ketones (excluding diaryl/α,β-unsaturated/α-hetero) is 1. The first-order chi connectivity index (χ1) is 18.7. The predicted molar refractivity (Wildman–Crippen MR) is 130 cm³/mol. The fourth-order valence-corrected chi connectivity index (χ4v) is 3.86. The summed E-state index contributed by atoms with van der Waals surface area (Å²) in [6, 6.07) is 9.39. The zero-order chi connectivity index (χ0) is 29.2. The molecule has 0 spiro atoms. The second-order valence-electron chi connectivity index (χ2n) is 8.40. The highest BCUT2D eigenvalue weighted by molar-refractivity contribution is 6.30.